The van der Waals surface area contributed by atoms with Gasteiger partial charge in [0.05, 0.1) is 16.6 Å². The van der Waals surface area contributed by atoms with Crippen molar-refractivity contribution in [2.75, 3.05) is 18.6 Å². The number of aryl methyl sites for hydroxylation is 1. The summed E-state index contributed by atoms with van der Waals surface area (Å²) in [5.41, 5.74) is -2.54. The van der Waals surface area contributed by atoms with Crippen LogP contribution in [0.1, 0.15) is 37.7 Å². The first kappa shape index (κ1) is 22.8. The van der Waals surface area contributed by atoms with Gasteiger partial charge in [0.15, 0.2) is 23.0 Å². The molecule has 1 saturated carbocycles. The van der Waals surface area contributed by atoms with Crippen LogP contribution >= 0.6 is 0 Å². The molecule has 1 saturated heterocycles. The maximum atomic E-state index is 14.6. The van der Waals surface area contributed by atoms with E-state index in [4.69, 9.17) is 4.74 Å². The lowest BCUT2D eigenvalue weighted by molar-refractivity contribution is -0.140. The number of nitrogens with zero attached hydrogens (tertiary/aromatic N) is 5. The van der Waals surface area contributed by atoms with E-state index >= 15 is 0 Å². The molecule has 0 radical (unpaired) electrons. The van der Waals surface area contributed by atoms with Crippen LogP contribution in [0.2, 0.25) is 0 Å². The molecule has 12 heteroatoms. The van der Waals surface area contributed by atoms with Gasteiger partial charge in [-0.25, -0.2) is 18.4 Å². The van der Waals surface area contributed by atoms with Crippen molar-refractivity contribution in [2.24, 2.45) is 7.05 Å². The first-order valence-corrected chi connectivity index (χ1v) is 10.9. The van der Waals surface area contributed by atoms with E-state index in [-0.39, 0.29) is 28.4 Å². The molecule has 1 aromatic carbocycles. The summed E-state index contributed by atoms with van der Waals surface area (Å²) in [5.74, 6) is -4.94. The van der Waals surface area contributed by atoms with Gasteiger partial charge >= 0.3 is 6.18 Å². The Morgan fingerprint density at radius 3 is 2.62 bits per heavy atom. The van der Waals surface area contributed by atoms with Gasteiger partial charge in [0, 0.05) is 38.5 Å². The van der Waals surface area contributed by atoms with E-state index in [0.29, 0.717) is 18.6 Å². The quantitative estimate of drug-likeness (QED) is 0.550. The van der Waals surface area contributed by atoms with Crippen LogP contribution in [-0.2, 0) is 18.0 Å². The number of anilines is 1. The van der Waals surface area contributed by atoms with E-state index < -0.39 is 34.7 Å². The highest BCUT2D eigenvalue weighted by molar-refractivity contribution is 5.91. The van der Waals surface area contributed by atoms with Crippen LogP contribution in [0.5, 0.6) is 5.75 Å². The average Bonchev–Trinajstić information content (AvgIpc) is 3.11. The fourth-order valence-corrected chi connectivity index (χ4v) is 4.81. The van der Waals surface area contributed by atoms with Crippen molar-refractivity contribution < 1.29 is 31.8 Å². The topological polar surface area (TPSA) is 76.3 Å². The van der Waals surface area contributed by atoms with E-state index in [0.717, 1.165) is 32.1 Å². The van der Waals surface area contributed by atoms with Crippen LogP contribution in [0.3, 0.4) is 0 Å². The van der Waals surface area contributed by atoms with Crippen molar-refractivity contribution in [3.8, 4) is 17.0 Å². The van der Waals surface area contributed by atoms with E-state index in [1.54, 1.807) is 0 Å². The predicted molar refractivity (Wildman–Crippen MR) is 112 cm³/mol. The minimum atomic E-state index is -5.14. The van der Waals surface area contributed by atoms with Gasteiger partial charge in [-0.05, 0) is 38.2 Å². The summed E-state index contributed by atoms with van der Waals surface area (Å²) in [6.07, 6.45) is 1.06. The molecule has 1 atom stereocenters. The Morgan fingerprint density at radius 2 is 1.97 bits per heavy atom. The molecule has 0 amide bonds. The van der Waals surface area contributed by atoms with Crippen LogP contribution in [0.4, 0.5) is 27.9 Å². The van der Waals surface area contributed by atoms with Crippen molar-refractivity contribution in [2.45, 2.75) is 49.9 Å². The average molecular weight is 483 g/mol. The molecule has 3 heterocycles. The second-order valence-electron chi connectivity index (χ2n) is 8.97. The SMILES string of the molecule is CN(c1ncc2c(-c3cc(C(F)(F)F)c(F)c(O)c3F)nn(C)c2n1)C1CCOC2(CCC2)C1. The number of halogens is 5. The molecule has 7 nitrogen and oxygen atoms in total. The zero-order chi connectivity index (χ0) is 24.4. The van der Waals surface area contributed by atoms with Crippen molar-refractivity contribution in [3.63, 3.8) is 0 Å². The van der Waals surface area contributed by atoms with Gasteiger partial charge in [-0.3, -0.25) is 0 Å². The number of aromatic nitrogens is 4. The Kier molecular flexibility index (Phi) is 5.19. The van der Waals surface area contributed by atoms with Gasteiger partial charge in [0.25, 0.3) is 0 Å². The summed E-state index contributed by atoms with van der Waals surface area (Å²) in [4.78, 5) is 10.8. The van der Waals surface area contributed by atoms with Crippen molar-refractivity contribution in [1.29, 1.82) is 0 Å². The molecular formula is C22H22F5N5O2. The standard InChI is InChI=1S/C22H22F5N5O2/c1-31(11-4-7-34-21(9-11)5-3-6-21)20-28-10-13-17(30-32(2)19(13)29-20)12-8-14(22(25,26)27)16(24)18(33)15(12)23/h8,10-11,33H,3-7,9H2,1-2H3. The zero-order valence-electron chi connectivity index (χ0n) is 18.5. The third-order valence-corrected chi connectivity index (χ3v) is 6.90. The number of ether oxygens (including phenoxy) is 1. The Bertz CT molecular complexity index is 1270. The maximum absolute atomic E-state index is 14.6. The highest BCUT2D eigenvalue weighted by Gasteiger charge is 2.44. The van der Waals surface area contributed by atoms with E-state index in [2.05, 4.69) is 15.1 Å². The second-order valence-corrected chi connectivity index (χ2v) is 8.97. The third-order valence-electron chi connectivity index (χ3n) is 6.90. The van der Waals surface area contributed by atoms with Crippen molar-refractivity contribution in [1.82, 2.24) is 19.7 Å². The van der Waals surface area contributed by atoms with Gasteiger partial charge in [0.1, 0.15) is 5.69 Å². The number of fused-ring (bicyclic) bond motifs is 1. The van der Waals surface area contributed by atoms with Crippen molar-refractivity contribution in [3.05, 3.63) is 29.5 Å². The monoisotopic (exact) mass is 483 g/mol. The Balaban J connectivity index is 1.54. The second kappa shape index (κ2) is 7.76. The molecule has 2 aliphatic rings. The van der Waals surface area contributed by atoms with Gasteiger partial charge < -0.3 is 14.7 Å². The summed E-state index contributed by atoms with van der Waals surface area (Å²) in [6.45, 7) is 0.641. The molecule has 0 bridgehead atoms. The number of phenolic OH excluding ortho intramolecular Hbond substituents is 1. The molecule has 1 aliphatic carbocycles. The molecular weight excluding hydrogens is 461 g/mol. The maximum Gasteiger partial charge on any atom is 0.419 e. The van der Waals surface area contributed by atoms with E-state index in [1.165, 1.54) is 17.9 Å². The number of benzene rings is 1. The number of hydrogen-bond donors (Lipinski definition) is 1. The van der Waals surface area contributed by atoms with Crippen molar-refractivity contribution >= 4 is 17.0 Å². The molecule has 1 unspecified atom stereocenters. The Hall–Kier alpha value is -3.02. The lowest BCUT2D eigenvalue weighted by Crippen LogP contribution is -2.51. The molecule has 1 spiro atoms. The highest BCUT2D eigenvalue weighted by Crippen LogP contribution is 2.44. The van der Waals surface area contributed by atoms with Gasteiger partial charge in [-0.1, -0.05) is 0 Å². The fraction of sp³-hybridized carbons (Fsp3) is 0.500. The molecule has 5 rings (SSSR count). The van der Waals surface area contributed by atoms with Crippen LogP contribution in [-0.4, -0.2) is 50.2 Å². The summed E-state index contributed by atoms with van der Waals surface area (Å²) < 4.78 is 75.5. The number of aromatic hydroxyl groups is 1. The highest BCUT2D eigenvalue weighted by atomic mass is 19.4. The Morgan fingerprint density at radius 1 is 1.24 bits per heavy atom. The number of rotatable bonds is 3. The van der Waals surface area contributed by atoms with Crippen LogP contribution in [0, 0.1) is 11.6 Å². The molecule has 2 fully saturated rings. The summed E-state index contributed by atoms with van der Waals surface area (Å²) >= 11 is 0. The Labute approximate surface area is 191 Å². The van der Waals surface area contributed by atoms with E-state index in [9.17, 15) is 27.1 Å². The molecule has 3 aromatic rings. The van der Waals surface area contributed by atoms with Gasteiger partial charge in [-0.2, -0.15) is 23.3 Å². The number of alkyl halides is 3. The van der Waals surface area contributed by atoms with Gasteiger partial charge in [0.2, 0.25) is 5.95 Å². The van der Waals surface area contributed by atoms with E-state index in [1.807, 2.05) is 11.9 Å². The summed E-state index contributed by atoms with van der Waals surface area (Å²) in [7, 11) is 3.38. The third kappa shape index (κ3) is 3.55. The van der Waals surface area contributed by atoms with Crippen LogP contribution in [0.15, 0.2) is 12.3 Å². The predicted octanol–water partition coefficient (Wildman–Crippen LogP) is 4.57. The minimum absolute atomic E-state index is 0.0840. The summed E-state index contributed by atoms with van der Waals surface area (Å²) in [6, 6.07) is 0.451. The largest absolute Gasteiger partial charge is 0.503 e. The first-order valence-electron chi connectivity index (χ1n) is 10.9. The molecule has 1 N–H and O–H groups in total. The smallest absolute Gasteiger partial charge is 0.419 e. The molecule has 2 aromatic heterocycles. The fourth-order valence-electron chi connectivity index (χ4n) is 4.81. The van der Waals surface area contributed by atoms with Crippen LogP contribution in [0.25, 0.3) is 22.3 Å². The van der Waals surface area contributed by atoms with Crippen LogP contribution < -0.4 is 4.90 Å². The molecule has 34 heavy (non-hydrogen) atoms. The number of phenols is 1. The lowest BCUT2D eigenvalue weighted by Gasteiger charge is -2.49. The minimum Gasteiger partial charge on any atom is -0.503 e. The number of hydrogen-bond acceptors (Lipinski definition) is 6. The zero-order valence-corrected chi connectivity index (χ0v) is 18.5. The first-order chi connectivity index (χ1) is 16.0. The molecule has 1 aliphatic heterocycles. The lowest BCUT2D eigenvalue weighted by atomic mass is 9.73. The summed E-state index contributed by atoms with van der Waals surface area (Å²) in [5, 5.41) is 13.9. The van der Waals surface area contributed by atoms with Gasteiger partial charge in [-0.15, -0.1) is 0 Å². The normalized spacial score (nSPS) is 20.0. The molecule has 182 valence electrons.